The Labute approximate surface area is 147 Å². The van der Waals surface area contributed by atoms with Crippen LogP contribution in [0.5, 0.6) is 0 Å². The summed E-state index contributed by atoms with van der Waals surface area (Å²) in [6.45, 7) is 6.61. The molecule has 1 unspecified atom stereocenters. The van der Waals surface area contributed by atoms with Crippen molar-refractivity contribution in [2.75, 3.05) is 18.4 Å². The third kappa shape index (κ3) is 4.54. The van der Waals surface area contributed by atoms with Gasteiger partial charge in [0, 0.05) is 49.9 Å². The Hall–Kier alpha value is -1.95. The predicted molar refractivity (Wildman–Crippen MR) is 96.9 cm³/mol. The molecule has 3 rings (SSSR count). The number of benzene rings is 1. The zero-order chi connectivity index (χ0) is 16.9. The summed E-state index contributed by atoms with van der Waals surface area (Å²) in [6, 6.07) is 10.2. The average molecular weight is 344 g/mol. The second kappa shape index (κ2) is 7.75. The molecule has 6 heteroatoms. The van der Waals surface area contributed by atoms with E-state index in [0.29, 0.717) is 24.8 Å². The molecule has 5 nitrogen and oxygen atoms in total. The summed E-state index contributed by atoms with van der Waals surface area (Å²) >= 11 is 1.41. The molecule has 24 heavy (non-hydrogen) atoms. The van der Waals surface area contributed by atoms with Gasteiger partial charge in [-0.25, -0.2) is 4.98 Å². The van der Waals surface area contributed by atoms with E-state index in [9.17, 15) is 4.79 Å². The van der Waals surface area contributed by atoms with Gasteiger partial charge < -0.3 is 10.2 Å². The highest BCUT2D eigenvalue weighted by atomic mass is 32.1. The van der Waals surface area contributed by atoms with Gasteiger partial charge in [-0.1, -0.05) is 44.2 Å². The molecule has 1 aliphatic rings. The van der Waals surface area contributed by atoms with E-state index in [0.717, 1.165) is 30.5 Å². The Bertz CT molecular complexity index is 671. The number of nitrogens with one attached hydrogen (secondary N) is 1. The van der Waals surface area contributed by atoms with Crippen molar-refractivity contribution in [1.29, 1.82) is 0 Å². The van der Waals surface area contributed by atoms with Crippen LogP contribution in [0, 0.1) is 11.8 Å². The van der Waals surface area contributed by atoms with Crippen molar-refractivity contribution in [3.05, 3.63) is 41.7 Å². The van der Waals surface area contributed by atoms with E-state index in [-0.39, 0.29) is 5.91 Å². The van der Waals surface area contributed by atoms with E-state index in [2.05, 4.69) is 40.7 Å². The number of hydrogen-bond donors (Lipinski definition) is 1. The fourth-order valence-electron chi connectivity index (χ4n) is 2.95. The van der Waals surface area contributed by atoms with Crippen LogP contribution in [0.2, 0.25) is 0 Å². The minimum atomic E-state index is 0.239. The fraction of sp³-hybridized carbons (Fsp3) is 0.500. The zero-order valence-corrected chi connectivity index (χ0v) is 15.1. The van der Waals surface area contributed by atoms with E-state index in [4.69, 9.17) is 0 Å². The van der Waals surface area contributed by atoms with E-state index >= 15 is 0 Å². The van der Waals surface area contributed by atoms with Crippen molar-refractivity contribution < 1.29 is 4.79 Å². The van der Waals surface area contributed by atoms with E-state index < -0.39 is 0 Å². The van der Waals surface area contributed by atoms with Gasteiger partial charge in [0.05, 0.1) is 0 Å². The van der Waals surface area contributed by atoms with Crippen LogP contribution in [-0.2, 0) is 17.8 Å². The van der Waals surface area contributed by atoms with Gasteiger partial charge in [0.15, 0.2) is 0 Å². The van der Waals surface area contributed by atoms with Gasteiger partial charge >= 0.3 is 0 Å². The standard InChI is InChI=1S/C18H24N4OS/c1-13(2)8-16-20-18(24-21-16)19-10-15-9-17(23)22(12-15)11-14-6-4-3-5-7-14/h3-7,13,15H,8-12H2,1-2H3,(H,19,20,21). The summed E-state index contributed by atoms with van der Waals surface area (Å²) in [7, 11) is 0. The summed E-state index contributed by atoms with van der Waals surface area (Å²) in [5.41, 5.74) is 1.18. The van der Waals surface area contributed by atoms with Crippen molar-refractivity contribution in [2.45, 2.75) is 33.2 Å². The lowest BCUT2D eigenvalue weighted by atomic mass is 10.1. The lowest BCUT2D eigenvalue weighted by molar-refractivity contribution is -0.128. The molecular weight excluding hydrogens is 320 g/mol. The van der Waals surface area contributed by atoms with Crippen molar-refractivity contribution >= 4 is 22.6 Å². The van der Waals surface area contributed by atoms with Gasteiger partial charge in [0.2, 0.25) is 11.0 Å². The van der Waals surface area contributed by atoms with Crippen molar-refractivity contribution in [2.24, 2.45) is 11.8 Å². The molecule has 0 saturated carbocycles. The van der Waals surface area contributed by atoms with E-state index in [1.165, 1.54) is 17.1 Å². The first-order chi connectivity index (χ1) is 11.6. The van der Waals surface area contributed by atoms with Gasteiger partial charge in [-0.3, -0.25) is 4.79 Å². The number of nitrogens with zero attached hydrogens (tertiary/aromatic N) is 3. The molecule has 1 amide bonds. The molecule has 0 aliphatic carbocycles. The highest BCUT2D eigenvalue weighted by Gasteiger charge is 2.29. The number of carbonyl (C=O) groups is 1. The number of likely N-dealkylation sites (tertiary alicyclic amines) is 1. The zero-order valence-electron chi connectivity index (χ0n) is 14.2. The first-order valence-corrected chi connectivity index (χ1v) is 9.25. The summed E-state index contributed by atoms with van der Waals surface area (Å²) < 4.78 is 4.38. The molecule has 1 saturated heterocycles. The number of aromatic nitrogens is 2. The molecule has 1 N–H and O–H groups in total. The molecule has 1 atom stereocenters. The van der Waals surface area contributed by atoms with Gasteiger partial charge in [0.25, 0.3) is 0 Å². The molecule has 1 aromatic heterocycles. The Balaban J connectivity index is 1.48. The second-order valence-electron chi connectivity index (χ2n) is 6.82. The van der Waals surface area contributed by atoms with Crippen LogP contribution >= 0.6 is 11.5 Å². The second-order valence-corrected chi connectivity index (χ2v) is 7.58. The van der Waals surface area contributed by atoms with Crippen molar-refractivity contribution in [3.63, 3.8) is 0 Å². The summed E-state index contributed by atoms with van der Waals surface area (Å²) in [5.74, 6) is 2.04. The van der Waals surface area contributed by atoms with Crippen LogP contribution in [0.1, 0.15) is 31.7 Å². The number of hydrogen-bond acceptors (Lipinski definition) is 5. The lowest BCUT2D eigenvalue weighted by Crippen LogP contribution is -2.25. The highest BCUT2D eigenvalue weighted by molar-refractivity contribution is 7.09. The monoisotopic (exact) mass is 344 g/mol. The Kier molecular flexibility index (Phi) is 5.45. The van der Waals surface area contributed by atoms with E-state index in [1.807, 2.05) is 23.1 Å². The van der Waals surface area contributed by atoms with Gasteiger partial charge in [-0.05, 0) is 11.5 Å². The molecule has 0 bridgehead atoms. The maximum Gasteiger partial charge on any atom is 0.223 e. The summed E-state index contributed by atoms with van der Waals surface area (Å²) in [4.78, 5) is 18.7. The van der Waals surface area contributed by atoms with Gasteiger partial charge in [-0.2, -0.15) is 4.37 Å². The Morgan fingerprint density at radius 1 is 1.33 bits per heavy atom. The quantitative estimate of drug-likeness (QED) is 0.838. The van der Waals surface area contributed by atoms with Crippen LogP contribution in [-0.4, -0.2) is 33.3 Å². The Morgan fingerprint density at radius 3 is 2.88 bits per heavy atom. The molecule has 0 radical (unpaired) electrons. The predicted octanol–water partition coefficient (Wildman–Crippen LogP) is 3.20. The van der Waals surface area contributed by atoms with Crippen LogP contribution in [0.25, 0.3) is 0 Å². The average Bonchev–Trinajstić information content (AvgIpc) is 3.13. The topological polar surface area (TPSA) is 58.1 Å². The number of amides is 1. The van der Waals surface area contributed by atoms with E-state index in [1.54, 1.807) is 0 Å². The molecule has 1 aromatic carbocycles. The maximum atomic E-state index is 12.2. The first-order valence-electron chi connectivity index (χ1n) is 8.48. The molecule has 1 aliphatic heterocycles. The fourth-order valence-corrected chi connectivity index (χ4v) is 3.55. The number of anilines is 1. The smallest absolute Gasteiger partial charge is 0.223 e. The minimum Gasteiger partial charge on any atom is -0.360 e. The van der Waals surface area contributed by atoms with Crippen LogP contribution in [0.4, 0.5) is 5.13 Å². The number of carbonyl (C=O) groups excluding carboxylic acids is 1. The van der Waals surface area contributed by atoms with Crippen LogP contribution < -0.4 is 5.32 Å². The normalized spacial score (nSPS) is 17.7. The largest absolute Gasteiger partial charge is 0.360 e. The van der Waals surface area contributed by atoms with Crippen LogP contribution in [0.3, 0.4) is 0 Å². The molecule has 0 spiro atoms. The maximum absolute atomic E-state index is 12.2. The SMILES string of the molecule is CC(C)Cc1nsc(NCC2CC(=O)N(Cc3ccccc3)C2)n1. The first kappa shape index (κ1) is 16.9. The number of rotatable bonds is 7. The highest BCUT2D eigenvalue weighted by Crippen LogP contribution is 2.21. The molecular formula is C18H24N4OS. The molecule has 128 valence electrons. The van der Waals surface area contributed by atoms with Gasteiger partial charge in [0.1, 0.15) is 5.82 Å². The molecule has 2 aromatic rings. The third-order valence-corrected chi connectivity index (χ3v) is 4.82. The molecule has 1 fully saturated rings. The van der Waals surface area contributed by atoms with Crippen molar-refractivity contribution in [1.82, 2.24) is 14.3 Å². The van der Waals surface area contributed by atoms with Crippen molar-refractivity contribution in [3.8, 4) is 0 Å². The molecule has 2 heterocycles. The lowest BCUT2D eigenvalue weighted by Gasteiger charge is -2.16. The Morgan fingerprint density at radius 2 is 2.12 bits per heavy atom. The third-order valence-electron chi connectivity index (χ3n) is 4.11. The summed E-state index contributed by atoms with van der Waals surface area (Å²) in [6.07, 6.45) is 1.52. The van der Waals surface area contributed by atoms with Crippen LogP contribution in [0.15, 0.2) is 30.3 Å². The minimum absolute atomic E-state index is 0.239. The van der Waals surface area contributed by atoms with Gasteiger partial charge in [-0.15, -0.1) is 0 Å². The summed E-state index contributed by atoms with van der Waals surface area (Å²) in [5, 5.41) is 4.21.